The highest BCUT2D eigenvalue weighted by atomic mass is 35.5. The van der Waals surface area contributed by atoms with Crippen molar-refractivity contribution in [1.82, 2.24) is 5.32 Å². The molecule has 0 bridgehead atoms. The number of carbonyl (C=O) groups is 1. The lowest BCUT2D eigenvalue weighted by molar-refractivity contribution is -0.137. The van der Waals surface area contributed by atoms with E-state index < -0.39 is 17.8 Å². The van der Waals surface area contributed by atoms with Crippen LogP contribution in [0.1, 0.15) is 36.6 Å². The van der Waals surface area contributed by atoms with Gasteiger partial charge in [-0.25, -0.2) is 4.79 Å². The molecule has 1 atom stereocenters. The van der Waals surface area contributed by atoms with Crippen molar-refractivity contribution in [3.63, 3.8) is 0 Å². The Bertz CT molecular complexity index is 745. The molecule has 0 heterocycles. The summed E-state index contributed by atoms with van der Waals surface area (Å²) in [5.74, 6) is 0. The first-order valence-electron chi connectivity index (χ1n) is 7.73. The van der Waals surface area contributed by atoms with E-state index in [1.807, 2.05) is 31.2 Å². The fourth-order valence-corrected chi connectivity index (χ4v) is 2.44. The highest BCUT2D eigenvalue weighted by Gasteiger charge is 2.31. The van der Waals surface area contributed by atoms with Crippen molar-refractivity contribution >= 4 is 23.3 Å². The Kier molecular flexibility index (Phi) is 5.95. The van der Waals surface area contributed by atoms with Gasteiger partial charge < -0.3 is 10.6 Å². The lowest BCUT2D eigenvalue weighted by atomic mass is 10.1. The molecule has 134 valence electrons. The van der Waals surface area contributed by atoms with E-state index in [2.05, 4.69) is 10.6 Å². The van der Waals surface area contributed by atoms with Crippen molar-refractivity contribution in [3.05, 3.63) is 64.2 Å². The Labute approximate surface area is 149 Å². The van der Waals surface area contributed by atoms with Gasteiger partial charge in [0.25, 0.3) is 0 Å². The summed E-state index contributed by atoms with van der Waals surface area (Å²) < 4.78 is 38.3. The number of benzene rings is 2. The Balaban J connectivity index is 2.06. The standard InChI is InChI=1S/C18H18ClF3N2O/c1-3-12-4-6-13(7-5-12)11(2)23-17(25)24-16-10-14(18(20,21)22)8-9-15(16)19/h4-11H,3H2,1-2H3,(H2,23,24,25)/t11-/m0/s1. The van der Waals surface area contributed by atoms with Gasteiger partial charge in [-0.1, -0.05) is 42.8 Å². The lowest BCUT2D eigenvalue weighted by Crippen LogP contribution is -2.31. The zero-order chi connectivity index (χ0) is 18.6. The molecular weight excluding hydrogens is 353 g/mol. The third-order valence-corrected chi connectivity index (χ3v) is 4.11. The number of carbonyl (C=O) groups excluding carboxylic acids is 1. The Morgan fingerprint density at radius 1 is 1.16 bits per heavy atom. The normalized spacial score (nSPS) is 12.6. The summed E-state index contributed by atoms with van der Waals surface area (Å²) in [4.78, 5) is 12.1. The zero-order valence-electron chi connectivity index (χ0n) is 13.7. The van der Waals surface area contributed by atoms with Crippen LogP contribution in [0, 0.1) is 0 Å². The molecule has 0 aliphatic heterocycles. The molecule has 0 radical (unpaired) electrons. The summed E-state index contributed by atoms with van der Waals surface area (Å²) >= 11 is 5.87. The molecule has 0 fully saturated rings. The van der Waals surface area contributed by atoms with Crippen LogP contribution in [-0.4, -0.2) is 6.03 Å². The summed E-state index contributed by atoms with van der Waals surface area (Å²) in [5.41, 5.74) is 1.09. The summed E-state index contributed by atoms with van der Waals surface area (Å²) in [6.45, 7) is 3.83. The number of alkyl halides is 3. The number of hydrogen-bond donors (Lipinski definition) is 2. The summed E-state index contributed by atoms with van der Waals surface area (Å²) in [7, 11) is 0. The minimum Gasteiger partial charge on any atom is -0.331 e. The third-order valence-electron chi connectivity index (χ3n) is 3.78. The van der Waals surface area contributed by atoms with Gasteiger partial charge in [0.2, 0.25) is 0 Å². The molecule has 0 aliphatic carbocycles. The quantitative estimate of drug-likeness (QED) is 0.701. The maximum Gasteiger partial charge on any atom is 0.416 e. The van der Waals surface area contributed by atoms with Gasteiger partial charge in [-0.05, 0) is 42.7 Å². The van der Waals surface area contributed by atoms with Crippen LogP contribution < -0.4 is 10.6 Å². The average molecular weight is 371 g/mol. The molecule has 3 nitrogen and oxygen atoms in total. The number of anilines is 1. The minimum absolute atomic E-state index is 0.0306. The molecule has 2 aromatic carbocycles. The second kappa shape index (κ2) is 7.78. The van der Waals surface area contributed by atoms with Gasteiger partial charge in [0.05, 0.1) is 22.3 Å². The van der Waals surface area contributed by atoms with Gasteiger partial charge in [-0.15, -0.1) is 0 Å². The van der Waals surface area contributed by atoms with Crippen LogP contribution in [0.2, 0.25) is 5.02 Å². The molecule has 0 aliphatic rings. The van der Waals surface area contributed by atoms with E-state index in [0.29, 0.717) is 0 Å². The molecule has 0 saturated heterocycles. The molecule has 0 aromatic heterocycles. The molecule has 0 unspecified atom stereocenters. The maximum absolute atomic E-state index is 12.8. The van der Waals surface area contributed by atoms with Gasteiger partial charge in [0.15, 0.2) is 0 Å². The number of hydrogen-bond acceptors (Lipinski definition) is 1. The maximum atomic E-state index is 12.8. The van der Waals surface area contributed by atoms with Crippen molar-refractivity contribution in [2.45, 2.75) is 32.5 Å². The van der Waals surface area contributed by atoms with E-state index in [1.54, 1.807) is 6.92 Å². The molecule has 25 heavy (non-hydrogen) atoms. The van der Waals surface area contributed by atoms with Crippen LogP contribution in [0.15, 0.2) is 42.5 Å². The number of halogens is 4. The van der Waals surface area contributed by atoms with Crippen molar-refractivity contribution < 1.29 is 18.0 Å². The molecule has 2 aromatic rings. The van der Waals surface area contributed by atoms with Crippen LogP contribution in [-0.2, 0) is 12.6 Å². The summed E-state index contributed by atoms with van der Waals surface area (Å²) in [5, 5.41) is 5.07. The van der Waals surface area contributed by atoms with E-state index in [9.17, 15) is 18.0 Å². The fraction of sp³-hybridized carbons (Fsp3) is 0.278. The Hall–Kier alpha value is -2.21. The molecular formula is C18H18ClF3N2O. The highest BCUT2D eigenvalue weighted by molar-refractivity contribution is 6.33. The first kappa shape index (κ1) is 19.1. The van der Waals surface area contributed by atoms with Crippen LogP contribution in [0.3, 0.4) is 0 Å². The van der Waals surface area contributed by atoms with Crippen LogP contribution >= 0.6 is 11.6 Å². The number of nitrogens with one attached hydrogen (secondary N) is 2. The van der Waals surface area contributed by atoms with Gasteiger partial charge in [-0.3, -0.25) is 0 Å². The number of aryl methyl sites for hydroxylation is 1. The zero-order valence-corrected chi connectivity index (χ0v) is 14.5. The molecule has 2 amide bonds. The van der Waals surface area contributed by atoms with Crippen molar-refractivity contribution in [1.29, 1.82) is 0 Å². The van der Waals surface area contributed by atoms with E-state index in [-0.39, 0.29) is 16.8 Å². The Morgan fingerprint density at radius 2 is 1.80 bits per heavy atom. The predicted octanol–water partition coefficient (Wildman–Crippen LogP) is 5.80. The third kappa shape index (κ3) is 5.13. The minimum atomic E-state index is -4.51. The number of urea groups is 1. The molecule has 0 saturated carbocycles. The molecule has 7 heteroatoms. The smallest absolute Gasteiger partial charge is 0.331 e. The highest BCUT2D eigenvalue weighted by Crippen LogP contribution is 2.33. The first-order chi connectivity index (χ1) is 11.7. The topological polar surface area (TPSA) is 41.1 Å². The first-order valence-corrected chi connectivity index (χ1v) is 8.11. The predicted molar refractivity (Wildman–Crippen MR) is 92.8 cm³/mol. The molecule has 2 rings (SSSR count). The van der Waals surface area contributed by atoms with E-state index in [0.717, 1.165) is 30.2 Å². The second-order valence-corrected chi connectivity index (χ2v) is 6.01. The fourth-order valence-electron chi connectivity index (χ4n) is 2.28. The van der Waals surface area contributed by atoms with Crippen molar-refractivity contribution in [2.75, 3.05) is 5.32 Å². The van der Waals surface area contributed by atoms with Gasteiger partial charge >= 0.3 is 12.2 Å². The number of rotatable bonds is 4. The van der Waals surface area contributed by atoms with E-state index in [1.165, 1.54) is 5.56 Å². The van der Waals surface area contributed by atoms with Crippen LogP contribution in [0.4, 0.5) is 23.7 Å². The van der Waals surface area contributed by atoms with Crippen LogP contribution in [0.25, 0.3) is 0 Å². The second-order valence-electron chi connectivity index (χ2n) is 5.61. The van der Waals surface area contributed by atoms with Crippen molar-refractivity contribution in [3.8, 4) is 0 Å². The van der Waals surface area contributed by atoms with Crippen LogP contribution in [0.5, 0.6) is 0 Å². The number of amides is 2. The van der Waals surface area contributed by atoms with Gasteiger partial charge in [0.1, 0.15) is 0 Å². The summed E-state index contributed by atoms with van der Waals surface area (Å²) in [6, 6.07) is 9.58. The van der Waals surface area contributed by atoms with Crippen molar-refractivity contribution in [2.24, 2.45) is 0 Å². The van der Waals surface area contributed by atoms with Gasteiger partial charge in [-0.2, -0.15) is 13.2 Å². The average Bonchev–Trinajstić information content (AvgIpc) is 2.55. The molecule has 2 N–H and O–H groups in total. The largest absolute Gasteiger partial charge is 0.416 e. The summed E-state index contributed by atoms with van der Waals surface area (Å²) in [6.07, 6.45) is -3.59. The lowest BCUT2D eigenvalue weighted by Gasteiger charge is -2.17. The molecule has 0 spiro atoms. The Morgan fingerprint density at radius 3 is 2.36 bits per heavy atom. The SMILES string of the molecule is CCc1ccc([C@H](C)NC(=O)Nc2cc(C(F)(F)F)ccc2Cl)cc1. The van der Waals surface area contributed by atoms with Gasteiger partial charge in [0, 0.05) is 0 Å². The van der Waals surface area contributed by atoms with E-state index >= 15 is 0 Å². The van der Waals surface area contributed by atoms with E-state index in [4.69, 9.17) is 11.6 Å². The monoisotopic (exact) mass is 370 g/mol.